The third-order valence-corrected chi connectivity index (χ3v) is 2.60. The fraction of sp³-hybridized carbons (Fsp3) is 0.556. The number of hydrogen-bond donors (Lipinski definition) is 2. The van der Waals surface area contributed by atoms with Gasteiger partial charge in [-0.2, -0.15) is 5.10 Å². The van der Waals surface area contributed by atoms with Crippen LogP contribution in [0.5, 0.6) is 0 Å². The first kappa shape index (κ1) is 9.97. The van der Waals surface area contributed by atoms with Gasteiger partial charge in [0.05, 0.1) is 12.6 Å². The second kappa shape index (κ2) is 3.90. The zero-order chi connectivity index (χ0) is 10.8. The molecule has 0 radical (unpaired) electrons. The molecule has 0 spiro atoms. The Labute approximate surface area is 87.4 Å². The number of aromatic nitrogens is 2. The molecule has 1 amide bonds. The van der Waals surface area contributed by atoms with E-state index in [0.717, 1.165) is 6.42 Å². The van der Waals surface area contributed by atoms with E-state index in [4.69, 9.17) is 10.5 Å². The van der Waals surface area contributed by atoms with Crippen molar-refractivity contribution in [2.75, 3.05) is 26.0 Å². The average molecular weight is 210 g/mol. The predicted molar refractivity (Wildman–Crippen MR) is 54.3 cm³/mol. The Bertz CT molecular complexity index is 357. The average Bonchev–Trinajstić information content (AvgIpc) is 2.85. The fourth-order valence-corrected chi connectivity index (χ4v) is 1.63. The number of H-pyrrole nitrogens is 1. The van der Waals surface area contributed by atoms with E-state index in [-0.39, 0.29) is 11.9 Å². The molecule has 0 aromatic carbocycles. The maximum absolute atomic E-state index is 11.9. The molecule has 0 bridgehead atoms. The third-order valence-electron chi connectivity index (χ3n) is 2.60. The Balaban J connectivity index is 2.06. The number of nitrogens with two attached hydrogens (primary N) is 1. The minimum atomic E-state index is -0.102. The Morgan fingerprint density at radius 2 is 2.60 bits per heavy atom. The van der Waals surface area contributed by atoms with Crippen LogP contribution in [0.3, 0.4) is 0 Å². The number of hydrogen-bond acceptors (Lipinski definition) is 4. The van der Waals surface area contributed by atoms with Crippen molar-refractivity contribution in [1.29, 1.82) is 0 Å². The number of nitrogens with one attached hydrogen (secondary N) is 1. The minimum absolute atomic E-state index is 0.102. The number of anilines is 1. The molecule has 6 heteroatoms. The van der Waals surface area contributed by atoms with Crippen LogP contribution in [0, 0.1) is 0 Å². The van der Waals surface area contributed by atoms with Gasteiger partial charge in [0, 0.05) is 19.7 Å². The van der Waals surface area contributed by atoms with Gasteiger partial charge < -0.3 is 15.4 Å². The molecule has 1 saturated heterocycles. The Morgan fingerprint density at radius 3 is 3.13 bits per heavy atom. The lowest BCUT2D eigenvalue weighted by Crippen LogP contribution is -2.37. The summed E-state index contributed by atoms with van der Waals surface area (Å²) in [7, 11) is 1.76. The fourth-order valence-electron chi connectivity index (χ4n) is 1.63. The van der Waals surface area contributed by atoms with E-state index in [0.29, 0.717) is 24.7 Å². The van der Waals surface area contributed by atoms with Crippen LogP contribution >= 0.6 is 0 Å². The number of ether oxygens (including phenoxy) is 1. The molecule has 1 aliphatic rings. The van der Waals surface area contributed by atoms with Crippen LogP contribution in [-0.2, 0) is 4.74 Å². The number of nitrogen functional groups attached to an aromatic ring is 1. The number of carbonyl (C=O) groups excluding carboxylic acids is 1. The highest BCUT2D eigenvalue weighted by Gasteiger charge is 2.25. The van der Waals surface area contributed by atoms with Crippen LogP contribution in [0.25, 0.3) is 0 Å². The van der Waals surface area contributed by atoms with Crippen LogP contribution in [0.15, 0.2) is 6.07 Å². The zero-order valence-corrected chi connectivity index (χ0v) is 8.56. The number of likely N-dealkylation sites (N-methyl/N-ethyl adjacent to an activating group) is 1. The van der Waals surface area contributed by atoms with Crippen LogP contribution in [-0.4, -0.2) is 47.3 Å². The number of carbonyl (C=O) groups is 1. The summed E-state index contributed by atoms with van der Waals surface area (Å²) in [6.45, 7) is 1.32. The number of aromatic amines is 1. The van der Waals surface area contributed by atoms with E-state index < -0.39 is 0 Å². The first-order valence-electron chi connectivity index (χ1n) is 4.84. The van der Waals surface area contributed by atoms with Crippen molar-refractivity contribution in [2.24, 2.45) is 0 Å². The standard InChI is InChI=1S/C9H14N4O2/c1-13(6-2-3-15-5-6)9(14)7-4-8(10)12-11-7/h4,6H,2-3,5H2,1H3,(H3,10,11,12). The van der Waals surface area contributed by atoms with Crippen LogP contribution in [0.2, 0.25) is 0 Å². The SMILES string of the molecule is CN(C(=O)c1cc(N)n[nH]1)C1CCOC1. The van der Waals surface area contributed by atoms with Gasteiger partial charge in [-0.05, 0) is 6.42 Å². The molecular formula is C9H14N4O2. The molecule has 1 atom stereocenters. The molecule has 15 heavy (non-hydrogen) atoms. The molecule has 2 heterocycles. The normalized spacial score (nSPS) is 20.5. The molecule has 1 aromatic heterocycles. The topological polar surface area (TPSA) is 84.2 Å². The quantitative estimate of drug-likeness (QED) is 0.711. The Morgan fingerprint density at radius 1 is 1.80 bits per heavy atom. The largest absolute Gasteiger partial charge is 0.382 e. The summed E-state index contributed by atoms with van der Waals surface area (Å²) >= 11 is 0. The van der Waals surface area contributed by atoms with Crippen molar-refractivity contribution in [2.45, 2.75) is 12.5 Å². The lowest BCUT2D eigenvalue weighted by atomic mass is 10.2. The van der Waals surface area contributed by atoms with Gasteiger partial charge in [-0.15, -0.1) is 0 Å². The number of amides is 1. The van der Waals surface area contributed by atoms with E-state index >= 15 is 0 Å². The lowest BCUT2D eigenvalue weighted by Gasteiger charge is -2.22. The van der Waals surface area contributed by atoms with E-state index in [1.807, 2.05) is 0 Å². The maximum Gasteiger partial charge on any atom is 0.272 e. The van der Waals surface area contributed by atoms with Crippen LogP contribution in [0.4, 0.5) is 5.82 Å². The van der Waals surface area contributed by atoms with E-state index in [1.165, 1.54) is 6.07 Å². The maximum atomic E-state index is 11.9. The number of nitrogens with zero attached hydrogens (tertiary/aromatic N) is 2. The smallest absolute Gasteiger partial charge is 0.272 e. The molecule has 3 N–H and O–H groups in total. The lowest BCUT2D eigenvalue weighted by molar-refractivity contribution is 0.0705. The summed E-state index contributed by atoms with van der Waals surface area (Å²) < 4.78 is 5.23. The summed E-state index contributed by atoms with van der Waals surface area (Å²) in [6.07, 6.45) is 0.881. The van der Waals surface area contributed by atoms with Gasteiger partial charge >= 0.3 is 0 Å². The van der Waals surface area contributed by atoms with E-state index in [1.54, 1.807) is 11.9 Å². The highest BCUT2D eigenvalue weighted by Crippen LogP contribution is 2.13. The number of rotatable bonds is 2. The molecule has 1 aromatic rings. The molecule has 82 valence electrons. The molecule has 2 rings (SSSR count). The van der Waals surface area contributed by atoms with E-state index in [2.05, 4.69) is 10.2 Å². The van der Waals surface area contributed by atoms with Crippen molar-refractivity contribution in [1.82, 2.24) is 15.1 Å². The van der Waals surface area contributed by atoms with Gasteiger partial charge in [-0.3, -0.25) is 9.89 Å². The monoisotopic (exact) mass is 210 g/mol. The predicted octanol–water partition coefficient (Wildman–Crippen LogP) is -0.147. The molecule has 0 saturated carbocycles. The van der Waals surface area contributed by atoms with E-state index in [9.17, 15) is 4.79 Å². The van der Waals surface area contributed by atoms with Gasteiger partial charge in [-0.1, -0.05) is 0 Å². The molecular weight excluding hydrogens is 196 g/mol. The minimum Gasteiger partial charge on any atom is -0.382 e. The highest BCUT2D eigenvalue weighted by molar-refractivity contribution is 5.93. The summed E-state index contributed by atoms with van der Waals surface area (Å²) in [4.78, 5) is 13.6. The van der Waals surface area contributed by atoms with Gasteiger partial charge in [0.15, 0.2) is 0 Å². The second-order valence-electron chi connectivity index (χ2n) is 3.64. The van der Waals surface area contributed by atoms with Gasteiger partial charge in [-0.25, -0.2) is 0 Å². The third kappa shape index (κ3) is 1.94. The summed E-state index contributed by atoms with van der Waals surface area (Å²) in [5, 5.41) is 6.32. The van der Waals surface area contributed by atoms with Gasteiger partial charge in [0.2, 0.25) is 0 Å². The molecule has 1 unspecified atom stereocenters. The molecule has 1 aliphatic heterocycles. The summed E-state index contributed by atoms with van der Waals surface area (Å²) in [5.41, 5.74) is 5.85. The molecule has 0 aliphatic carbocycles. The molecule has 6 nitrogen and oxygen atoms in total. The summed E-state index contributed by atoms with van der Waals surface area (Å²) in [5.74, 6) is 0.226. The van der Waals surface area contributed by atoms with Crippen LogP contribution in [0.1, 0.15) is 16.9 Å². The summed E-state index contributed by atoms with van der Waals surface area (Å²) in [6, 6.07) is 1.69. The first-order valence-corrected chi connectivity index (χ1v) is 4.84. The van der Waals surface area contributed by atoms with Gasteiger partial charge in [0.1, 0.15) is 11.5 Å². The second-order valence-corrected chi connectivity index (χ2v) is 3.64. The van der Waals surface area contributed by atoms with Crippen molar-refractivity contribution in [3.05, 3.63) is 11.8 Å². The zero-order valence-electron chi connectivity index (χ0n) is 8.56. The highest BCUT2D eigenvalue weighted by atomic mass is 16.5. The van der Waals surface area contributed by atoms with Crippen molar-refractivity contribution >= 4 is 11.7 Å². The van der Waals surface area contributed by atoms with Gasteiger partial charge in [0.25, 0.3) is 5.91 Å². The first-order chi connectivity index (χ1) is 7.18. The Hall–Kier alpha value is -1.56. The van der Waals surface area contributed by atoms with Crippen molar-refractivity contribution in [3.63, 3.8) is 0 Å². The molecule has 1 fully saturated rings. The Kier molecular flexibility index (Phi) is 2.59. The van der Waals surface area contributed by atoms with Crippen LogP contribution < -0.4 is 5.73 Å². The van der Waals surface area contributed by atoms with Crippen molar-refractivity contribution < 1.29 is 9.53 Å². The van der Waals surface area contributed by atoms with Crippen molar-refractivity contribution in [3.8, 4) is 0 Å².